The second-order valence-electron chi connectivity index (χ2n) is 6.18. The van der Waals surface area contributed by atoms with Crippen molar-refractivity contribution in [2.75, 3.05) is 0 Å². The number of nitrogens with one attached hydrogen (secondary N) is 1. The number of hydrogen-bond donors (Lipinski definition) is 1. The molecule has 7 heteroatoms. The Balaban J connectivity index is 1.86. The summed E-state index contributed by atoms with van der Waals surface area (Å²) in [4.78, 5) is 26.9. The van der Waals surface area contributed by atoms with E-state index in [1.165, 1.54) is 18.3 Å². The fourth-order valence-electron chi connectivity index (χ4n) is 2.50. The van der Waals surface area contributed by atoms with Gasteiger partial charge < -0.3 is 0 Å². The van der Waals surface area contributed by atoms with Crippen molar-refractivity contribution in [3.63, 3.8) is 0 Å². The Labute approximate surface area is 167 Å². The first-order valence-corrected chi connectivity index (χ1v) is 8.81. The van der Waals surface area contributed by atoms with Crippen LogP contribution in [0.1, 0.15) is 27.2 Å². The first kappa shape index (κ1) is 19.6. The number of aromatic nitrogens is 1. The number of aryl methyl sites for hydroxylation is 1. The molecule has 7 nitrogen and oxygen atoms in total. The van der Waals surface area contributed by atoms with E-state index in [9.17, 15) is 14.9 Å². The van der Waals surface area contributed by atoms with Crippen molar-refractivity contribution in [3.8, 4) is 0 Å². The molecule has 144 valence electrons. The van der Waals surface area contributed by atoms with Crippen LogP contribution in [0.3, 0.4) is 0 Å². The molecule has 0 radical (unpaired) electrons. The lowest BCUT2D eigenvalue weighted by Gasteiger charge is -2.04. The number of carbonyl (C=O) groups excluding carboxylic acids is 1. The van der Waals surface area contributed by atoms with Gasteiger partial charge in [0.15, 0.2) is 0 Å². The molecule has 0 spiro atoms. The van der Waals surface area contributed by atoms with Crippen molar-refractivity contribution in [2.45, 2.75) is 6.92 Å². The van der Waals surface area contributed by atoms with Gasteiger partial charge in [-0.05, 0) is 30.7 Å². The molecule has 0 saturated heterocycles. The molecule has 3 aromatic rings. The maximum atomic E-state index is 12.3. The highest BCUT2D eigenvalue weighted by Gasteiger charge is 2.07. The average molecular weight is 386 g/mol. The predicted octanol–water partition coefficient (Wildman–Crippen LogP) is 4.15. The quantitative estimate of drug-likeness (QED) is 0.391. The van der Waals surface area contributed by atoms with Crippen LogP contribution in [0.2, 0.25) is 0 Å². The van der Waals surface area contributed by atoms with E-state index in [-0.39, 0.29) is 11.6 Å². The van der Waals surface area contributed by atoms with E-state index in [4.69, 9.17) is 0 Å². The van der Waals surface area contributed by atoms with Crippen molar-refractivity contribution >= 4 is 23.4 Å². The third-order valence-corrected chi connectivity index (χ3v) is 4.04. The van der Waals surface area contributed by atoms with E-state index in [2.05, 4.69) is 15.5 Å². The molecule has 2 aromatic carbocycles. The Morgan fingerprint density at radius 1 is 1.07 bits per heavy atom. The highest BCUT2D eigenvalue weighted by atomic mass is 16.6. The average Bonchev–Trinajstić information content (AvgIpc) is 2.75. The number of rotatable bonds is 6. The zero-order chi connectivity index (χ0) is 20.6. The smallest absolute Gasteiger partial charge is 0.267 e. The van der Waals surface area contributed by atoms with Gasteiger partial charge in [-0.3, -0.25) is 19.9 Å². The lowest BCUT2D eigenvalue weighted by Crippen LogP contribution is -2.19. The molecule has 0 aliphatic rings. The van der Waals surface area contributed by atoms with E-state index >= 15 is 0 Å². The van der Waals surface area contributed by atoms with Crippen LogP contribution in [0.25, 0.3) is 6.08 Å². The highest BCUT2D eigenvalue weighted by molar-refractivity contribution is 6.11. The summed E-state index contributed by atoms with van der Waals surface area (Å²) >= 11 is 0. The van der Waals surface area contributed by atoms with Gasteiger partial charge in [-0.25, -0.2) is 5.43 Å². The van der Waals surface area contributed by atoms with Gasteiger partial charge in [0.25, 0.3) is 11.6 Å². The second kappa shape index (κ2) is 9.18. The number of hydrazone groups is 1. The van der Waals surface area contributed by atoms with Crippen molar-refractivity contribution in [1.82, 2.24) is 10.4 Å². The molecule has 0 saturated carbocycles. The normalized spacial score (nSPS) is 11.4. The number of non-ortho nitro benzene ring substituents is 1. The molecule has 3 rings (SSSR count). The Kier molecular flexibility index (Phi) is 6.22. The highest BCUT2D eigenvalue weighted by Crippen LogP contribution is 2.15. The number of nitrogens with zero attached hydrogens (tertiary/aromatic N) is 3. The number of amides is 1. The van der Waals surface area contributed by atoms with Crippen LogP contribution < -0.4 is 5.43 Å². The van der Waals surface area contributed by atoms with Gasteiger partial charge in [-0.15, -0.1) is 0 Å². The van der Waals surface area contributed by atoms with Gasteiger partial charge in [0.2, 0.25) is 0 Å². The Bertz CT molecular complexity index is 1070. The van der Waals surface area contributed by atoms with Gasteiger partial charge in [0, 0.05) is 29.6 Å². The Morgan fingerprint density at radius 2 is 1.86 bits per heavy atom. The predicted molar refractivity (Wildman–Crippen MR) is 112 cm³/mol. The molecule has 1 heterocycles. The molecule has 1 aromatic heterocycles. The summed E-state index contributed by atoms with van der Waals surface area (Å²) in [7, 11) is 0. The number of pyridine rings is 1. The molecule has 0 aliphatic heterocycles. The summed E-state index contributed by atoms with van der Waals surface area (Å²) in [5.41, 5.74) is 5.69. The Hall–Kier alpha value is -4.13. The van der Waals surface area contributed by atoms with Crippen molar-refractivity contribution < 1.29 is 9.72 Å². The fourth-order valence-corrected chi connectivity index (χ4v) is 2.50. The van der Waals surface area contributed by atoms with Crippen LogP contribution in [-0.2, 0) is 0 Å². The Morgan fingerprint density at radius 3 is 2.55 bits per heavy atom. The van der Waals surface area contributed by atoms with E-state index in [0.717, 1.165) is 11.3 Å². The largest absolute Gasteiger partial charge is 0.272 e. The van der Waals surface area contributed by atoms with E-state index in [1.54, 1.807) is 36.4 Å². The van der Waals surface area contributed by atoms with Crippen LogP contribution in [0.5, 0.6) is 0 Å². The van der Waals surface area contributed by atoms with Crippen LogP contribution in [0.4, 0.5) is 5.69 Å². The van der Waals surface area contributed by atoms with Gasteiger partial charge in [0.05, 0.1) is 16.2 Å². The molecule has 0 atom stereocenters. The van der Waals surface area contributed by atoms with E-state index in [0.29, 0.717) is 16.8 Å². The molecular formula is C22H18N4O3. The van der Waals surface area contributed by atoms with Crippen molar-refractivity contribution in [3.05, 3.63) is 112 Å². The van der Waals surface area contributed by atoms with Gasteiger partial charge >= 0.3 is 0 Å². The van der Waals surface area contributed by atoms with Gasteiger partial charge in [-0.1, -0.05) is 48.5 Å². The SMILES string of the molecule is Cc1ccc(C(=O)N/N=C(/C=C/c2cccc([N+](=O)[O-])c2)c2ccccc2)cn1. The summed E-state index contributed by atoms with van der Waals surface area (Å²) in [5, 5.41) is 15.2. The van der Waals surface area contributed by atoms with E-state index < -0.39 is 4.92 Å². The van der Waals surface area contributed by atoms with Gasteiger partial charge in [-0.2, -0.15) is 5.10 Å². The monoisotopic (exact) mass is 386 g/mol. The third-order valence-electron chi connectivity index (χ3n) is 4.04. The number of allylic oxidation sites excluding steroid dienone is 1. The van der Waals surface area contributed by atoms with Crippen LogP contribution >= 0.6 is 0 Å². The fraction of sp³-hybridized carbons (Fsp3) is 0.0455. The topological polar surface area (TPSA) is 97.5 Å². The van der Waals surface area contributed by atoms with Crippen LogP contribution in [0, 0.1) is 17.0 Å². The summed E-state index contributed by atoms with van der Waals surface area (Å²) in [6, 6.07) is 19.0. The minimum atomic E-state index is -0.445. The summed E-state index contributed by atoms with van der Waals surface area (Å²) in [6.45, 7) is 1.84. The first-order chi connectivity index (χ1) is 14.0. The summed E-state index contributed by atoms with van der Waals surface area (Å²) in [5.74, 6) is -0.380. The number of hydrogen-bond acceptors (Lipinski definition) is 5. The second-order valence-corrected chi connectivity index (χ2v) is 6.18. The van der Waals surface area contributed by atoms with Crippen LogP contribution in [0.15, 0.2) is 84.1 Å². The van der Waals surface area contributed by atoms with Crippen molar-refractivity contribution in [2.24, 2.45) is 5.10 Å². The standard InChI is InChI=1S/C22H18N4O3/c1-16-10-12-19(15-23-16)22(27)25-24-21(18-7-3-2-4-8-18)13-11-17-6-5-9-20(14-17)26(28)29/h2-15H,1H3,(H,25,27)/b13-11+,24-21-. The third kappa shape index (κ3) is 5.43. The molecule has 29 heavy (non-hydrogen) atoms. The number of nitro groups is 1. The maximum Gasteiger partial charge on any atom is 0.272 e. The summed E-state index contributed by atoms with van der Waals surface area (Å²) in [6.07, 6.45) is 4.89. The lowest BCUT2D eigenvalue weighted by molar-refractivity contribution is -0.384. The minimum Gasteiger partial charge on any atom is -0.267 e. The van der Waals surface area contributed by atoms with Crippen molar-refractivity contribution in [1.29, 1.82) is 0 Å². The zero-order valence-electron chi connectivity index (χ0n) is 15.6. The molecule has 0 aliphatic carbocycles. The lowest BCUT2D eigenvalue weighted by atomic mass is 10.1. The number of nitro benzene ring substituents is 1. The number of carbonyl (C=O) groups is 1. The first-order valence-electron chi connectivity index (χ1n) is 8.81. The van der Waals surface area contributed by atoms with E-state index in [1.807, 2.05) is 37.3 Å². The van der Waals surface area contributed by atoms with Crippen LogP contribution in [-0.4, -0.2) is 21.5 Å². The zero-order valence-corrected chi connectivity index (χ0v) is 15.6. The molecule has 1 amide bonds. The van der Waals surface area contributed by atoms with Gasteiger partial charge in [0.1, 0.15) is 0 Å². The molecule has 0 bridgehead atoms. The molecule has 0 unspecified atom stereocenters. The number of benzene rings is 2. The minimum absolute atomic E-state index is 0.00511. The molecule has 1 N–H and O–H groups in total. The maximum absolute atomic E-state index is 12.3. The molecule has 0 fully saturated rings. The molecular weight excluding hydrogens is 368 g/mol. The summed E-state index contributed by atoms with van der Waals surface area (Å²) < 4.78 is 0.